The van der Waals surface area contributed by atoms with Crippen LogP contribution in [0.1, 0.15) is 110 Å². The number of hydrogen-bond donors (Lipinski definition) is 4. The number of fused-ring (bicyclic) bond motifs is 4. The van der Waals surface area contributed by atoms with Crippen molar-refractivity contribution < 1.29 is 0 Å². The predicted octanol–water partition coefficient (Wildman–Crippen LogP) is 9.84. The summed E-state index contributed by atoms with van der Waals surface area (Å²) in [6.07, 6.45) is 17.3. The van der Waals surface area contributed by atoms with E-state index in [1.54, 1.807) is 0 Å². The zero-order valence-corrected chi connectivity index (χ0v) is 30.2. The van der Waals surface area contributed by atoms with Crippen molar-refractivity contribution in [3.05, 3.63) is 107 Å². The summed E-state index contributed by atoms with van der Waals surface area (Å²) in [5.41, 5.74) is 15.4. The van der Waals surface area contributed by atoms with Crippen LogP contribution in [0, 0.1) is 11.8 Å². The molecular formula is C46H50N6. The van der Waals surface area contributed by atoms with Crippen LogP contribution in [0.3, 0.4) is 0 Å². The molecule has 4 fully saturated rings. The highest BCUT2D eigenvalue weighted by Crippen LogP contribution is 2.41. The molecule has 4 bridgehead atoms. The standard InChI is InChI=1S/C46H50N6/c1-3-7-37-33(5-1)25-43(47-37)45-49-39-19-17-31(23-41(39)51-45)35-21-27-9-13-29(35)15-11-28-10-14-30(16-12-27)36(22-28)32-18-20-40-42(24-32)52-46(50-40)44-26-34-6-2-4-8-38(34)48-44/h9-10,13-14,17-24,33-34,37-38,43-44,47-48H,1-8,11-12,15-16,25-26H2,(H,49,51)(H,50,52)/t33-,34-,37-,38-,43-,44-/m0/s1. The molecule has 4 N–H and O–H groups in total. The minimum atomic E-state index is 0.349. The molecule has 6 nitrogen and oxygen atoms in total. The van der Waals surface area contributed by atoms with Gasteiger partial charge in [-0.15, -0.1) is 0 Å². The van der Waals surface area contributed by atoms with E-state index in [0.29, 0.717) is 24.2 Å². The summed E-state index contributed by atoms with van der Waals surface area (Å²) in [5, 5.41) is 7.84. The second-order valence-electron chi connectivity index (χ2n) is 16.9. The number of nitrogens with one attached hydrogen (secondary N) is 4. The number of imidazole rings is 2. The van der Waals surface area contributed by atoms with Crippen LogP contribution in [-0.2, 0) is 25.7 Å². The van der Waals surface area contributed by atoms with Crippen molar-refractivity contribution in [2.24, 2.45) is 11.8 Å². The number of aromatic amines is 2. The number of aromatic nitrogens is 4. The fourth-order valence-electron chi connectivity index (χ4n) is 10.9. The number of aryl methyl sites for hydroxylation is 4. The molecule has 6 atom stereocenters. The Kier molecular flexibility index (Phi) is 7.64. The van der Waals surface area contributed by atoms with E-state index in [2.05, 4.69) is 93.4 Å². The summed E-state index contributed by atoms with van der Waals surface area (Å²) < 4.78 is 0. The molecule has 8 aliphatic rings. The summed E-state index contributed by atoms with van der Waals surface area (Å²) in [4.78, 5) is 17.7. The van der Waals surface area contributed by atoms with Gasteiger partial charge in [-0.2, -0.15) is 0 Å². The van der Waals surface area contributed by atoms with Gasteiger partial charge in [-0.3, -0.25) is 0 Å². The molecule has 2 aromatic heterocycles. The van der Waals surface area contributed by atoms with Crippen molar-refractivity contribution >= 4 is 22.1 Å². The van der Waals surface area contributed by atoms with Crippen molar-refractivity contribution in [1.82, 2.24) is 30.6 Å². The fourth-order valence-corrected chi connectivity index (χ4v) is 10.9. The fraction of sp³-hybridized carbons (Fsp3) is 0.435. The van der Waals surface area contributed by atoms with Crippen LogP contribution < -0.4 is 10.6 Å². The van der Waals surface area contributed by atoms with E-state index in [-0.39, 0.29) is 0 Å². The molecule has 2 saturated carbocycles. The lowest BCUT2D eigenvalue weighted by molar-refractivity contribution is 0.325. The van der Waals surface area contributed by atoms with Crippen LogP contribution in [0.25, 0.3) is 44.3 Å². The molecule has 0 unspecified atom stereocenters. The summed E-state index contributed by atoms with van der Waals surface area (Å²) in [7, 11) is 0. The maximum absolute atomic E-state index is 5.09. The van der Waals surface area contributed by atoms with Gasteiger partial charge in [0.1, 0.15) is 11.6 Å². The van der Waals surface area contributed by atoms with Gasteiger partial charge in [0.2, 0.25) is 0 Å². The van der Waals surface area contributed by atoms with Crippen LogP contribution >= 0.6 is 0 Å². The van der Waals surface area contributed by atoms with E-state index in [1.807, 2.05) is 0 Å². The molecular weight excluding hydrogens is 637 g/mol. The van der Waals surface area contributed by atoms with Gasteiger partial charge in [0.15, 0.2) is 0 Å². The lowest BCUT2D eigenvalue weighted by atomic mass is 9.85. The monoisotopic (exact) mass is 686 g/mol. The molecule has 6 aromatic rings. The van der Waals surface area contributed by atoms with E-state index < -0.39 is 0 Å². The van der Waals surface area contributed by atoms with Crippen LogP contribution in [-0.4, -0.2) is 32.0 Å². The summed E-state index contributed by atoms with van der Waals surface area (Å²) >= 11 is 0. The lowest BCUT2D eigenvalue weighted by Crippen LogP contribution is -2.30. The topological polar surface area (TPSA) is 81.4 Å². The highest BCUT2D eigenvalue weighted by atomic mass is 15.1. The normalized spacial score (nSPS) is 27.2. The van der Waals surface area contributed by atoms with Crippen molar-refractivity contribution in [1.29, 1.82) is 0 Å². The highest BCUT2D eigenvalue weighted by Gasteiger charge is 2.38. The molecule has 14 rings (SSSR count). The molecule has 0 amide bonds. The number of nitrogens with zero attached hydrogens (tertiary/aromatic N) is 2. The number of rotatable bonds is 4. The average molecular weight is 687 g/mol. The first-order valence-corrected chi connectivity index (χ1v) is 20.4. The third-order valence-electron chi connectivity index (χ3n) is 13.7. The van der Waals surface area contributed by atoms with E-state index in [9.17, 15) is 0 Å². The van der Waals surface area contributed by atoms with E-state index in [0.717, 1.165) is 71.2 Å². The first-order chi connectivity index (χ1) is 25.7. The first kappa shape index (κ1) is 31.3. The first-order valence-electron chi connectivity index (χ1n) is 20.4. The Morgan fingerprint density at radius 1 is 0.481 bits per heavy atom. The van der Waals surface area contributed by atoms with Gasteiger partial charge in [-0.05, 0) is 145 Å². The zero-order valence-electron chi connectivity index (χ0n) is 30.2. The Balaban J connectivity index is 0.861. The van der Waals surface area contributed by atoms with Gasteiger partial charge in [0.25, 0.3) is 0 Å². The van der Waals surface area contributed by atoms with E-state index in [1.165, 1.54) is 109 Å². The quantitative estimate of drug-likeness (QED) is 0.149. The van der Waals surface area contributed by atoms with Gasteiger partial charge in [-0.25, -0.2) is 9.97 Å². The second kappa shape index (κ2) is 12.7. The Morgan fingerprint density at radius 2 is 0.962 bits per heavy atom. The van der Waals surface area contributed by atoms with Crippen molar-refractivity contribution in [2.75, 3.05) is 0 Å². The molecule has 52 heavy (non-hydrogen) atoms. The van der Waals surface area contributed by atoms with Gasteiger partial charge < -0.3 is 20.6 Å². The van der Waals surface area contributed by atoms with Crippen molar-refractivity contribution in [3.63, 3.8) is 0 Å². The maximum Gasteiger partial charge on any atom is 0.124 e. The molecule has 4 aromatic carbocycles. The van der Waals surface area contributed by atoms with E-state index in [4.69, 9.17) is 9.97 Å². The van der Waals surface area contributed by atoms with Crippen molar-refractivity contribution in [2.45, 2.75) is 114 Å². The number of benzene rings is 4. The van der Waals surface area contributed by atoms with Crippen LogP contribution in [0.15, 0.2) is 72.8 Å². The van der Waals surface area contributed by atoms with E-state index >= 15 is 0 Å². The van der Waals surface area contributed by atoms with Crippen LogP contribution in [0.2, 0.25) is 0 Å². The molecule has 6 aliphatic carbocycles. The third kappa shape index (κ3) is 5.61. The number of hydrogen-bond acceptors (Lipinski definition) is 4. The van der Waals surface area contributed by atoms with Crippen molar-refractivity contribution in [3.8, 4) is 22.3 Å². The van der Waals surface area contributed by atoms with Gasteiger partial charge in [-0.1, -0.05) is 74.2 Å². The second-order valence-corrected chi connectivity index (χ2v) is 16.9. The summed E-state index contributed by atoms with van der Waals surface area (Å²) in [5.74, 6) is 3.85. The van der Waals surface area contributed by atoms with Crippen LogP contribution in [0.4, 0.5) is 0 Å². The Bertz CT molecular complexity index is 2110. The Morgan fingerprint density at radius 3 is 1.44 bits per heavy atom. The van der Waals surface area contributed by atoms with Crippen LogP contribution in [0.5, 0.6) is 0 Å². The Hall–Kier alpha value is -4.26. The molecule has 6 heteroatoms. The molecule has 4 heterocycles. The minimum Gasteiger partial charge on any atom is -0.341 e. The number of H-pyrrole nitrogens is 2. The zero-order chi connectivity index (χ0) is 34.2. The molecule has 2 saturated heterocycles. The summed E-state index contributed by atoms with van der Waals surface area (Å²) in [6.45, 7) is 0. The largest absolute Gasteiger partial charge is 0.341 e. The molecule has 264 valence electrons. The van der Waals surface area contributed by atoms with Gasteiger partial charge in [0.05, 0.1) is 34.2 Å². The third-order valence-corrected chi connectivity index (χ3v) is 13.7. The molecule has 0 spiro atoms. The highest BCUT2D eigenvalue weighted by molar-refractivity contribution is 5.84. The Labute approximate surface area is 306 Å². The SMILES string of the molecule is c1cc2c(-c3ccc4nc([C@@H]5C[C@@H]6CCCC[C@@H]6N5)[nH]c4c3)cc1CCc1ccc(cc1-c1ccc3nc([C@@H]4C[C@@H]5CCCC[C@@H]5N4)[nH]c3c1)CC2. The van der Waals surface area contributed by atoms with Gasteiger partial charge in [0, 0.05) is 12.1 Å². The lowest BCUT2D eigenvalue weighted by Gasteiger charge is -2.24. The maximum atomic E-state index is 5.09. The molecule has 0 radical (unpaired) electrons. The van der Waals surface area contributed by atoms with Gasteiger partial charge >= 0.3 is 0 Å². The average Bonchev–Trinajstić information content (AvgIpc) is 3.98. The summed E-state index contributed by atoms with van der Waals surface area (Å²) in [6, 6.07) is 30.2. The molecule has 2 aliphatic heterocycles. The smallest absolute Gasteiger partial charge is 0.124 e. The predicted molar refractivity (Wildman–Crippen MR) is 210 cm³/mol. The minimum absolute atomic E-state index is 0.349.